The molecule has 0 fully saturated rings. The number of carbonyl (C=O) groups is 2. The quantitative estimate of drug-likeness (QED) is 0.547. The van der Waals surface area contributed by atoms with Crippen molar-refractivity contribution in [2.45, 2.75) is 53.0 Å². The van der Waals surface area contributed by atoms with E-state index in [9.17, 15) is 9.59 Å². The Morgan fingerprint density at radius 2 is 1.81 bits per heavy atom. The molecule has 2 aromatic rings. The Labute approximate surface area is 160 Å². The summed E-state index contributed by atoms with van der Waals surface area (Å²) >= 11 is 0. The molecule has 27 heavy (non-hydrogen) atoms. The van der Waals surface area contributed by atoms with Gasteiger partial charge < -0.3 is 14.0 Å². The third kappa shape index (κ3) is 4.24. The summed E-state index contributed by atoms with van der Waals surface area (Å²) in [5.41, 5.74) is 5.18. The van der Waals surface area contributed by atoms with E-state index in [-0.39, 0.29) is 25.0 Å². The number of hydrogen-bond acceptors (Lipinski definition) is 4. The monoisotopic (exact) mass is 369 g/mol. The first-order chi connectivity index (χ1) is 12.9. The number of esters is 1. The van der Waals surface area contributed by atoms with E-state index in [1.807, 2.05) is 32.0 Å². The Kier molecular flexibility index (Phi) is 5.68. The van der Waals surface area contributed by atoms with E-state index >= 15 is 0 Å². The Hall–Kier alpha value is -2.56. The lowest BCUT2D eigenvalue weighted by Gasteiger charge is -2.13. The fourth-order valence-corrected chi connectivity index (χ4v) is 3.90. The second-order valence-corrected chi connectivity index (χ2v) is 7.41. The van der Waals surface area contributed by atoms with Crippen LogP contribution in [0.25, 0.3) is 0 Å². The van der Waals surface area contributed by atoms with Gasteiger partial charge in [-0.15, -0.1) is 0 Å². The summed E-state index contributed by atoms with van der Waals surface area (Å²) in [4.78, 5) is 24.4. The standard InChI is InChI=1S/C22H27NO4/c1-14(2)23-15(3)10-20(16(23)4)21(24)12-27-22(25)13-26-19-9-8-17-6-5-7-18(17)11-19/h8-11,14H,5-7,12-13H2,1-4H3. The van der Waals surface area contributed by atoms with Crippen LogP contribution < -0.4 is 4.74 Å². The molecule has 0 saturated heterocycles. The largest absolute Gasteiger partial charge is 0.482 e. The minimum atomic E-state index is -0.540. The normalized spacial score (nSPS) is 12.9. The zero-order valence-electron chi connectivity index (χ0n) is 16.5. The number of carbonyl (C=O) groups excluding carboxylic acids is 2. The molecule has 0 atom stereocenters. The molecule has 0 N–H and O–H groups in total. The molecule has 0 aliphatic heterocycles. The summed E-state index contributed by atoms with van der Waals surface area (Å²) in [5.74, 6) is -0.0678. The number of Topliss-reactive ketones (excluding diaryl/α,β-unsaturated/α-hetero) is 1. The maximum absolute atomic E-state index is 12.4. The fraction of sp³-hybridized carbons (Fsp3) is 0.455. The summed E-state index contributed by atoms with van der Waals surface area (Å²) in [6.07, 6.45) is 3.33. The second-order valence-electron chi connectivity index (χ2n) is 7.41. The lowest BCUT2D eigenvalue weighted by atomic mass is 10.1. The van der Waals surface area contributed by atoms with Crippen LogP contribution in [0.5, 0.6) is 5.75 Å². The SMILES string of the molecule is Cc1cc(C(=O)COC(=O)COc2ccc3c(c2)CCC3)c(C)n1C(C)C. The molecule has 0 saturated carbocycles. The average Bonchev–Trinajstić information content (AvgIpc) is 3.21. The molecular weight excluding hydrogens is 342 g/mol. The van der Waals surface area contributed by atoms with Gasteiger partial charge in [-0.3, -0.25) is 4.79 Å². The van der Waals surface area contributed by atoms with Crippen molar-refractivity contribution in [3.63, 3.8) is 0 Å². The van der Waals surface area contributed by atoms with Crippen molar-refractivity contribution in [1.29, 1.82) is 0 Å². The van der Waals surface area contributed by atoms with E-state index in [1.54, 1.807) is 0 Å². The van der Waals surface area contributed by atoms with E-state index in [2.05, 4.69) is 24.5 Å². The van der Waals surface area contributed by atoms with Gasteiger partial charge in [-0.05, 0) is 76.3 Å². The van der Waals surface area contributed by atoms with Crippen LogP contribution in [0.1, 0.15) is 59.2 Å². The molecule has 3 rings (SSSR count). The number of ether oxygens (including phenoxy) is 2. The zero-order chi connectivity index (χ0) is 19.6. The highest BCUT2D eigenvalue weighted by Gasteiger charge is 2.19. The molecule has 5 heteroatoms. The van der Waals surface area contributed by atoms with Crippen LogP contribution in [0.3, 0.4) is 0 Å². The number of aromatic nitrogens is 1. The van der Waals surface area contributed by atoms with Crippen LogP contribution in [-0.2, 0) is 22.4 Å². The van der Waals surface area contributed by atoms with E-state index in [0.29, 0.717) is 11.3 Å². The summed E-state index contributed by atoms with van der Waals surface area (Å²) < 4.78 is 12.7. The smallest absolute Gasteiger partial charge is 0.344 e. The molecule has 1 aliphatic carbocycles. The minimum absolute atomic E-state index is 0.194. The first-order valence-corrected chi connectivity index (χ1v) is 9.48. The third-order valence-electron chi connectivity index (χ3n) is 5.09. The van der Waals surface area contributed by atoms with Crippen LogP contribution in [0.2, 0.25) is 0 Å². The van der Waals surface area contributed by atoms with Crippen molar-refractivity contribution >= 4 is 11.8 Å². The molecule has 0 radical (unpaired) electrons. The highest BCUT2D eigenvalue weighted by molar-refractivity contribution is 5.99. The minimum Gasteiger partial charge on any atom is -0.482 e. The number of nitrogens with zero attached hydrogens (tertiary/aromatic N) is 1. The predicted octanol–water partition coefficient (Wildman–Crippen LogP) is 3.98. The van der Waals surface area contributed by atoms with Crippen LogP contribution in [-0.4, -0.2) is 29.5 Å². The van der Waals surface area contributed by atoms with Gasteiger partial charge in [0.2, 0.25) is 5.78 Å². The van der Waals surface area contributed by atoms with Gasteiger partial charge in [-0.25, -0.2) is 4.79 Å². The molecule has 0 bridgehead atoms. The Balaban J connectivity index is 1.52. The first-order valence-electron chi connectivity index (χ1n) is 9.48. The first kappa shape index (κ1) is 19.2. The molecule has 5 nitrogen and oxygen atoms in total. The van der Waals surface area contributed by atoms with Gasteiger partial charge in [0.25, 0.3) is 0 Å². The molecule has 0 unspecified atom stereocenters. The summed E-state index contributed by atoms with van der Waals surface area (Å²) in [6.45, 7) is 7.57. The summed E-state index contributed by atoms with van der Waals surface area (Å²) in [5, 5.41) is 0. The highest BCUT2D eigenvalue weighted by Crippen LogP contribution is 2.26. The summed E-state index contributed by atoms with van der Waals surface area (Å²) in [7, 11) is 0. The van der Waals surface area contributed by atoms with Gasteiger partial charge in [0.05, 0.1) is 0 Å². The molecule has 144 valence electrons. The molecule has 0 amide bonds. The number of rotatable bonds is 7. The van der Waals surface area contributed by atoms with Crippen LogP contribution in [0.15, 0.2) is 24.3 Å². The van der Waals surface area contributed by atoms with E-state index in [4.69, 9.17) is 9.47 Å². The lowest BCUT2D eigenvalue weighted by Crippen LogP contribution is -2.20. The lowest BCUT2D eigenvalue weighted by molar-refractivity contribution is -0.144. The predicted molar refractivity (Wildman–Crippen MR) is 104 cm³/mol. The van der Waals surface area contributed by atoms with Gasteiger partial charge in [-0.2, -0.15) is 0 Å². The topological polar surface area (TPSA) is 57.5 Å². The Morgan fingerprint density at radius 3 is 2.52 bits per heavy atom. The van der Waals surface area contributed by atoms with Crippen LogP contribution >= 0.6 is 0 Å². The van der Waals surface area contributed by atoms with Gasteiger partial charge in [0.1, 0.15) is 5.75 Å². The Morgan fingerprint density at radius 1 is 1.07 bits per heavy atom. The van der Waals surface area contributed by atoms with Crippen LogP contribution in [0.4, 0.5) is 0 Å². The van der Waals surface area contributed by atoms with Gasteiger partial charge in [0, 0.05) is 23.0 Å². The van der Waals surface area contributed by atoms with Crippen molar-refractivity contribution in [2.24, 2.45) is 0 Å². The molecular formula is C22H27NO4. The number of aryl methyl sites for hydroxylation is 3. The molecule has 1 aliphatic rings. The van der Waals surface area contributed by atoms with Crippen molar-refractivity contribution in [2.75, 3.05) is 13.2 Å². The number of ketones is 1. The number of hydrogen-bond donors (Lipinski definition) is 0. The van der Waals surface area contributed by atoms with Gasteiger partial charge >= 0.3 is 5.97 Å². The van der Waals surface area contributed by atoms with Crippen molar-refractivity contribution < 1.29 is 19.1 Å². The van der Waals surface area contributed by atoms with Crippen molar-refractivity contribution in [3.05, 3.63) is 52.3 Å². The van der Waals surface area contributed by atoms with Crippen molar-refractivity contribution in [1.82, 2.24) is 4.57 Å². The average molecular weight is 369 g/mol. The van der Waals surface area contributed by atoms with Crippen LogP contribution in [0, 0.1) is 13.8 Å². The molecule has 1 heterocycles. The highest BCUT2D eigenvalue weighted by atomic mass is 16.6. The zero-order valence-corrected chi connectivity index (χ0v) is 16.5. The van der Waals surface area contributed by atoms with Gasteiger partial charge in [-0.1, -0.05) is 6.07 Å². The second kappa shape index (κ2) is 7.99. The maximum Gasteiger partial charge on any atom is 0.344 e. The van der Waals surface area contributed by atoms with E-state index in [0.717, 1.165) is 24.2 Å². The summed E-state index contributed by atoms with van der Waals surface area (Å²) in [6, 6.07) is 8.05. The third-order valence-corrected chi connectivity index (χ3v) is 5.09. The fourth-order valence-electron chi connectivity index (χ4n) is 3.90. The maximum atomic E-state index is 12.4. The molecule has 0 spiro atoms. The van der Waals surface area contributed by atoms with Crippen molar-refractivity contribution in [3.8, 4) is 5.75 Å². The van der Waals surface area contributed by atoms with E-state index < -0.39 is 5.97 Å². The number of fused-ring (bicyclic) bond motifs is 1. The number of benzene rings is 1. The van der Waals surface area contributed by atoms with Gasteiger partial charge in [0.15, 0.2) is 13.2 Å². The molecule has 1 aromatic heterocycles. The Bertz CT molecular complexity index is 863. The van der Waals surface area contributed by atoms with E-state index in [1.165, 1.54) is 17.5 Å². The molecule has 1 aromatic carbocycles.